The largest absolute Gasteiger partial charge is 0.381 e. The lowest BCUT2D eigenvalue weighted by molar-refractivity contribution is -0.135. The summed E-state index contributed by atoms with van der Waals surface area (Å²) in [4.78, 5) is 17.9. The monoisotopic (exact) mass is 373 g/mol. The van der Waals surface area contributed by atoms with E-state index in [4.69, 9.17) is 4.74 Å². The first-order chi connectivity index (χ1) is 13.2. The van der Waals surface area contributed by atoms with Gasteiger partial charge in [-0.3, -0.25) is 4.79 Å². The second-order valence-electron chi connectivity index (χ2n) is 8.88. The van der Waals surface area contributed by atoms with E-state index in [0.717, 1.165) is 32.6 Å². The lowest BCUT2D eigenvalue weighted by Crippen LogP contribution is -2.51. The van der Waals surface area contributed by atoms with Crippen LogP contribution in [0, 0.1) is 5.92 Å². The standard InChI is InChI=1S/C22H35N3O2/c1-23(18-19-7-6-12-24-11-3-2-8-20(19)24)21(26)17-22(9-15-27-16-10-22)25-13-4-5-14-25/h4-5,13-14,19-20H,2-3,6-12,15-18H2,1H3. The number of carbonyl (C=O) groups excluding carboxylic acids is 1. The molecule has 0 N–H and O–H groups in total. The quantitative estimate of drug-likeness (QED) is 0.796. The predicted molar refractivity (Wildman–Crippen MR) is 107 cm³/mol. The van der Waals surface area contributed by atoms with Gasteiger partial charge < -0.3 is 19.1 Å². The van der Waals surface area contributed by atoms with Gasteiger partial charge in [-0.1, -0.05) is 6.42 Å². The van der Waals surface area contributed by atoms with Gasteiger partial charge in [-0.15, -0.1) is 0 Å². The molecule has 3 aliphatic heterocycles. The molecular formula is C22H35N3O2. The highest BCUT2D eigenvalue weighted by Crippen LogP contribution is 2.35. The molecule has 0 aromatic carbocycles. The fourth-order valence-corrected chi connectivity index (χ4v) is 5.59. The number of nitrogens with zero attached hydrogens (tertiary/aromatic N) is 3. The maximum atomic E-state index is 13.2. The van der Waals surface area contributed by atoms with Crippen molar-refractivity contribution in [1.29, 1.82) is 0 Å². The van der Waals surface area contributed by atoms with E-state index in [2.05, 4.69) is 34.0 Å². The average Bonchev–Trinajstić information content (AvgIpc) is 3.24. The molecule has 0 aliphatic carbocycles. The van der Waals surface area contributed by atoms with Crippen LogP contribution in [0.25, 0.3) is 0 Å². The Morgan fingerprint density at radius 1 is 1.11 bits per heavy atom. The van der Waals surface area contributed by atoms with Gasteiger partial charge in [0.05, 0.1) is 12.0 Å². The molecule has 5 heteroatoms. The van der Waals surface area contributed by atoms with E-state index < -0.39 is 0 Å². The summed E-state index contributed by atoms with van der Waals surface area (Å²) < 4.78 is 7.86. The molecule has 0 saturated carbocycles. The summed E-state index contributed by atoms with van der Waals surface area (Å²) >= 11 is 0. The highest BCUT2D eigenvalue weighted by atomic mass is 16.5. The zero-order valence-corrected chi connectivity index (χ0v) is 16.8. The van der Waals surface area contributed by atoms with E-state index in [-0.39, 0.29) is 5.54 Å². The summed E-state index contributed by atoms with van der Waals surface area (Å²) in [6, 6.07) is 4.82. The zero-order chi connectivity index (χ0) is 18.7. The molecule has 5 nitrogen and oxygen atoms in total. The SMILES string of the molecule is CN(CC1CCCN2CCCCC12)C(=O)CC1(n2cccc2)CCOCC1. The van der Waals surface area contributed by atoms with Crippen LogP contribution in [0.2, 0.25) is 0 Å². The van der Waals surface area contributed by atoms with Crippen LogP contribution in [-0.2, 0) is 15.1 Å². The molecule has 1 amide bonds. The van der Waals surface area contributed by atoms with Crippen molar-refractivity contribution < 1.29 is 9.53 Å². The third-order valence-electron chi connectivity index (χ3n) is 7.22. The topological polar surface area (TPSA) is 37.7 Å². The van der Waals surface area contributed by atoms with E-state index in [1.165, 1.54) is 45.2 Å². The van der Waals surface area contributed by atoms with Gasteiger partial charge in [0.15, 0.2) is 0 Å². The number of amides is 1. The Labute approximate surface area is 163 Å². The van der Waals surface area contributed by atoms with Gasteiger partial charge in [-0.05, 0) is 69.7 Å². The van der Waals surface area contributed by atoms with Crippen molar-refractivity contribution in [3.8, 4) is 0 Å². The maximum absolute atomic E-state index is 13.2. The second-order valence-corrected chi connectivity index (χ2v) is 8.88. The Morgan fingerprint density at radius 2 is 1.85 bits per heavy atom. The number of rotatable bonds is 5. The Bertz CT molecular complexity index is 607. The Hall–Kier alpha value is -1.33. The molecule has 4 rings (SSSR count). The molecule has 0 radical (unpaired) electrons. The minimum Gasteiger partial charge on any atom is -0.381 e. The van der Waals surface area contributed by atoms with Crippen LogP contribution in [0.1, 0.15) is 51.4 Å². The first-order valence-corrected chi connectivity index (χ1v) is 10.9. The molecule has 0 bridgehead atoms. The summed E-state index contributed by atoms with van der Waals surface area (Å²) in [5.74, 6) is 0.934. The lowest BCUT2D eigenvalue weighted by Gasteiger charge is -2.45. The number of ether oxygens (including phenoxy) is 1. The van der Waals surface area contributed by atoms with Crippen LogP contribution < -0.4 is 0 Å². The normalized spacial score (nSPS) is 28.5. The van der Waals surface area contributed by atoms with Gasteiger partial charge in [0.1, 0.15) is 0 Å². The van der Waals surface area contributed by atoms with Crippen molar-refractivity contribution in [2.45, 2.75) is 62.9 Å². The molecule has 1 aromatic rings. The summed E-state index contributed by atoms with van der Waals surface area (Å²) in [6.07, 6.45) is 13.2. The number of fused-ring (bicyclic) bond motifs is 1. The van der Waals surface area contributed by atoms with Crippen molar-refractivity contribution in [2.75, 3.05) is 39.9 Å². The third kappa shape index (κ3) is 4.09. The van der Waals surface area contributed by atoms with E-state index in [1.54, 1.807) is 0 Å². The fourth-order valence-electron chi connectivity index (χ4n) is 5.59. The molecule has 3 fully saturated rings. The number of piperidine rings is 2. The van der Waals surface area contributed by atoms with Crippen molar-refractivity contribution >= 4 is 5.91 Å². The van der Waals surface area contributed by atoms with Crippen LogP contribution in [0.4, 0.5) is 0 Å². The Balaban J connectivity index is 1.41. The minimum atomic E-state index is -0.115. The van der Waals surface area contributed by atoms with Crippen molar-refractivity contribution in [3.05, 3.63) is 24.5 Å². The second kappa shape index (κ2) is 8.36. The van der Waals surface area contributed by atoms with Gasteiger partial charge in [-0.2, -0.15) is 0 Å². The molecule has 3 saturated heterocycles. The molecule has 150 valence electrons. The van der Waals surface area contributed by atoms with Crippen molar-refractivity contribution in [3.63, 3.8) is 0 Å². The Morgan fingerprint density at radius 3 is 2.63 bits per heavy atom. The Kier molecular flexibility index (Phi) is 5.88. The van der Waals surface area contributed by atoms with Crippen LogP contribution in [0.5, 0.6) is 0 Å². The molecule has 3 aliphatic rings. The number of hydrogen-bond donors (Lipinski definition) is 0. The highest BCUT2D eigenvalue weighted by Gasteiger charge is 2.38. The molecule has 4 heterocycles. The summed E-state index contributed by atoms with van der Waals surface area (Å²) in [5, 5.41) is 0. The number of carbonyl (C=O) groups is 1. The van der Waals surface area contributed by atoms with Crippen molar-refractivity contribution in [1.82, 2.24) is 14.4 Å². The molecule has 2 unspecified atom stereocenters. The zero-order valence-electron chi connectivity index (χ0n) is 16.8. The molecule has 27 heavy (non-hydrogen) atoms. The van der Waals surface area contributed by atoms with E-state index in [0.29, 0.717) is 24.3 Å². The van der Waals surface area contributed by atoms with Gasteiger partial charge in [0.2, 0.25) is 5.91 Å². The van der Waals surface area contributed by atoms with Crippen LogP contribution >= 0.6 is 0 Å². The van der Waals surface area contributed by atoms with Gasteiger partial charge in [0, 0.05) is 45.2 Å². The van der Waals surface area contributed by atoms with E-state index in [1.807, 2.05) is 11.9 Å². The first-order valence-electron chi connectivity index (χ1n) is 10.9. The highest BCUT2D eigenvalue weighted by molar-refractivity contribution is 5.77. The summed E-state index contributed by atoms with van der Waals surface area (Å²) in [7, 11) is 2.02. The molecular weight excluding hydrogens is 338 g/mol. The van der Waals surface area contributed by atoms with Crippen LogP contribution in [0.15, 0.2) is 24.5 Å². The van der Waals surface area contributed by atoms with Crippen LogP contribution in [0.3, 0.4) is 0 Å². The number of aromatic nitrogens is 1. The van der Waals surface area contributed by atoms with Crippen LogP contribution in [-0.4, -0.2) is 66.2 Å². The summed E-state index contributed by atoms with van der Waals surface area (Å²) in [6.45, 7) is 4.92. The summed E-state index contributed by atoms with van der Waals surface area (Å²) in [5.41, 5.74) is -0.115. The molecule has 1 aromatic heterocycles. The number of hydrogen-bond acceptors (Lipinski definition) is 3. The van der Waals surface area contributed by atoms with Gasteiger partial charge >= 0.3 is 0 Å². The average molecular weight is 374 g/mol. The molecule has 2 atom stereocenters. The van der Waals surface area contributed by atoms with E-state index >= 15 is 0 Å². The smallest absolute Gasteiger partial charge is 0.224 e. The third-order valence-corrected chi connectivity index (χ3v) is 7.22. The van der Waals surface area contributed by atoms with Gasteiger partial charge in [-0.25, -0.2) is 0 Å². The van der Waals surface area contributed by atoms with Crippen molar-refractivity contribution in [2.24, 2.45) is 5.92 Å². The lowest BCUT2D eigenvalue weighted by atomic mass is 9.82. The minimum absolute atomic E-state index is 0.115. The maximum Gasteiger partial charge on any atom is 0.224 e. The van der Waals surface area contributed by atoms with E-state index in [9.17, 15) is 4.79 Å². The predicted octanol–water partition coefficient (Wildman–Crippen LogP) is 3.11. The first kappa shape index (κ1) is 19.0. The fraction of sp³-hybridized carbons (Fsp3) is 0.773. The molecule has 0 spiro atoms. The van der Waals surface area contributed by atoms with Gasteiger partial charge in [0.25, 0.3) is 0 Å².